The summed E-state index contributed by atoms with van der Waals surface area (Å²) in [7, 11) is 2.15. The first kappa shape index (κ1) is 15.9. The minimum absolute atomic E-state index is 0.326. The van der Waals surface area contributed by atoms with Gasteiger partial charge in [0, 0.05) is 17.1 Å². The third kappa shape index (κ3) is 3.68. The van der Waals surface area contributed by atoms with Crippen LogP contribution < -0.4 is 0 Å². The Hall–Kier alpha value is -1.98. The lowest BCUT2D eigenvalue weighted by atomic mass is 10.1. The summed E-state index contributed by atoms with van der Waals surface area (Å²) in [5, 5.41) is 4.15. The molecule has 0 saturated carbocycles. The Bertz CT molecular complexity index is 753. The van der Waals surface area contributed by atoms with Gasteiger partial charge in [-0.15, -0.1) is 0 Å². The molecule has 0 saturated heterocycles. The van der Waals surface area contributed by atoms with E-state index in [0.717, 1.165) is 16.7 Å². The lowest BCUT2D eigenvalue weighted by molar-refractivity contribution is 0.252. The number of nitrogens with zero attached hydrogens (tertiary/aromatic N) is 4. The van der Waals surface area contributed by atoms with Gasteiger partial charge in [0.05, 0.1) is 5.69 Å². The first-order valence-corrected chi connectivity index (χ1v) is 8.33. The monoisotopic (exact) mass is 370 g/mol. The lowest BCUT2D eigenvalue weighted by Gasteiger charge is -2.25. The Morgan fingerprint density at radius 2 is 1.87 bits per heavy atom. The molecule has 0 spiro atoms. The normalized spacial score (nSPS) is 12.5. The molecular formula is C18H19BrN4. The highest BCUT2D eigenvalue weighted by atomic mass is 79.9. The number of benzene rings is 2. The molecule has 0 unspecified atom stereocenters. The number of rotatable bonds is 5. The van der Waals surface area contributed by atoms with Gasteiger partial charge in [-0.05, 0) is 43.3 Å². The quantitative estimate of drug-likeness (QED) is 0.673. The average molecular weight is 371 g/mol. The summed E-state index contributed by atoms with van der Waals surface area (Å²) in [4.78, 5) is 6.32. The van der Waals surface area contributed by atoms with Crippen molar-refractivity contribution < 1.29 is 0 Å². The summed E-state index contributed by atoms with van der Waals surface area (Å²) >= 11 is 3.62. The summed E-state index contributed by atoms with van der Waals surface area (Å²) in [6, 6.07) is 17.1. The van der Waals surface area contributed by atoms with Crippen LogP contribution in [0.25, 0.3) is 5.69 Å². The molecule has 5 heteroatoms. The zero-order chi connectivity index (χ0) is 16.2. The lowest BCUT2D eigenvalue weighted by Crippen LogP contribution is -2.22. The van der Waals surface area contributed by atoms with E-state index in [1.54, 1.807) is 17.3 Å². The fourth-order valence-electron chi connectivity index (χ4n) is 2.53. The van der Waals surface area contributed by atoms with Crippen LogP contribution in [-0.2, 0) is 6.54 Å². The molecule has 1 heterocycles. The number of aromatic nitrogens is 3. The topological polar surface area (TPSA) is 34.0 Å². The van der Waals surface area contributed by atoms with E-state index >= 15 is 0 Å². The molecule has 4 nitrogen and oxygen atoms in total. The molecule has 0 amide bonds. The van der Waals surface area contributed by atoms with Crippen LogP contribution >= 0.6 is 15.9 Å². The third-order valence-corrected chi connectivity index (χ3v) is 4.87. The first-order valence-electron chi connectivity index (χ1n) is 7.54. The minimum atomic E-state index is 0.326. The van der Waals surface area contributed by atoms with Crippen molar-refractivity contribution in [3.05, 3.63) is 76.8 Å². The average Bonchev–Trinajstić information content (AvgIpc) is 3.11. The second-order valence-corrected chi connectivity index (χ2v) is 6.47. The number of halogens is 1. The fraction of sp³-hybridized carbons (Fsp3) is 0.222. The van der Waals surface area contributed by atoms with E-state index in [9.17, 15) is 0 Å². The van der Waals surface area contributed by atoms with Crippen molar-refractivity contribution in [3.8, 4) is 5.69 Å². The molecule has 0 aliphatic carbocycles. The van der Waals surface area contributed by atoms with Crippen molar-refractivity contribution in [1.29, 1.82) is 0 Å². The Morgan fingerprint density at radius 1 is 1.13 bits per heavy atom. The van der Waals surface area contributed by atoms with Crippen molar-refractivity contribution in [2.45, 2.75) is 19.5 Å². The van der Waals surface area contributed by atoms with E-state index in [-0.39, 0.29) is 0 Å². The molecule has 3 rings (SSSR count). The Labute approximate surface area is 144 Å². The second-order valence-electron chi connectivity index (χ2n) is 5.61. The van der Waals surface area contributed by atoms with E-state index < -0.39 is 0 Å². The molecule has 0 N–H and O–H groups in total. The first-order chi connectivity index (χ1) is 11.1. The van der Waals surface area contributed by atoms with Crippen molar-refractivity contribution in [2.75, 3.05) is 7.05 Å². The van der Waals surface area contributed by atoms with Crippen LogP contribution in [0.4, 0.5) is 0 Å². The molecule has 118 valence electrons. The highest BCUT2D eigenvalue weighted by Crippen LogP contribution is 2.24. The van der Waals surface area contributed by atoms with Gasteiger partial charge in [-0.1, -0.05) is 46.3 Å². The molecule has 2 aromatic carbocycles. The van der Waals surface area contributed by atoms with Gasteiger partial charge in [0.25, 0.3) is 0 Å². The molecule has 0 radical (unpaired) electrons. The van der Waals surface area contributed by atoms with Crippen LogP contribution in [-0.4, -0.2) is 26.7 Å². The molecule has 0 fully saturated rings. The van der Waals surface area contributed by atoms with Gasteiger partial charge in [-0.2, -0.15) is 5.10 Å². The standard InChI is InChI=1S/C18H19BrN4/c1-14(22(2)11-16-5-3-4-6-18(16)19)15-7-9-17(10-8-15)23-13-20-12-21-23/h3-10,12-14H,11H2,1-2H3/t14-/m0/s1. The van der Waals surface area contributed by atoms with Crippen LogP contribution in [0, 0.1) is 0 Å². The molecule has 3 aromatic rings. The summed E-state index contributed by atoms with van der Waals surface area (Å²) in [5.74, 6) is 0. The van der Waals surface area contributed by atoms with E-state index in [0.29, 0.717) is 6.04 Å². The summed E-state index contributed by atoms with van der Waals surface area (Å²) in [5.41, 5.74) is 3.59. The van der Waals surface area contributed by atoms with Gasteiger partial charge in [0.1, 0.15) is 12.7 Å². The van der Waals surface area contributed by atoms with Crippen LogP contribution in [0.3, 0.4) is 0 Å². The van der Waals surface area contributed by atoms with Gasteiger partial charge in [-0.25, -0.2) is 9.67 Å². The molecule has 0 bridgehead atoms. The maximum atomic E-state index is 4.15. The molecule has 1 atom stereocenters. The summed E-state index contributed by atoms with van der Waals surface area (Å²) in [6.45, 7) is 3.12. The zero-order valence-corrected chi connectivity index (χ0v) is 14.8. The van der Waals surface area contributed by atoms with E-state index in [4.69, 9.17) is 0 Å². The van der Waals surface area contributed by atoms with E-state index in [1.165, 1.54) is 11.1 Å². The molecule has 23 heavy (non-hydrogen) atoms. The number of hydrogen-bond donors (Lipinski definition) is 0. The van der Waals surface area contributed by atoms with E-state index in [2.05, 4.69) is 87.3 Å². The predicted molar refractivity (Wildman–Crippen MR) is 95.4 cm³/mol. The van der Waals surface area contributed by atoms with Gasteiger partial charge < -0.3 is 0 Å². The van der Waals surface area contributed by atoms with Gasteiger partial charge in [0.2, 0.25) is 0 Å². The largest absolute Gasteiger partial charge is 0.295 e. The molecular weight excluding hydrogens is 352 g/mol. The van der Waals surface area contributed by atoms with Crippen molar-refractivity contribution in [3.63, 3.8) is 0 Å². The smallest absolute Gasteiger partial charge is 0.138 e. The fourth-order valence-corrected chi connectivity index (χ4v) is 2.94. The minimum Gasteiger partial charge on any atom is -0.295 e. The molecule has 0 aliphatic heterocycles. The van der Waals surface area contributed by atoms with E-state index in [1.807, 2.05) is 6.07 Å². The van der Waals surface area contributed by atoms with Crippen molar-refractivity contribution in [1.82, 2.24) is 19.7 Å². The van der Waals surface area contributed by atoms with Gasteiger partial charge in [-0.3, -0.25) is 4.90 Å². The summed E-state index contributed by atoms with van der Waals surface area (Å²) < 4.78 is 2.92. The maximum Gasteiger partial charge on any atom is 0.138 e. The second kappa shape index (κ2) is 7.06. The van der Waals surface area contributed by atoms with Crippen LogP contribution in [0.15, 0.2) is 65.7 Å². The SMILES string of the molecule is C[C@@H](c1ccc(-n2cncn2)cc1)N(C)Cc1ccccc1Br. The predicted octanol–water partition coefficient (Wildman–Crippen LogP) is 4.22. The van der Waals surface area contributed by atoms with Crippen molar-refractivity contribution in [2.24, 2.45) is 0 Å². The maximum absolute atomic E-state index is 4.15. The Kier molecular flexibility index (Phi) is 4.88. The van der Waals surface area contributed by atoms with Crippen molar-refractivity contribution >= 4 is 15.9 Å². The zero-order valence-electron chi connectivity index (χ0n) is 13.2. The molecule has 0 aliphatic rings. The number of hydrogen-bond acceptors (Lipinski definition) is 3. The summed E-state index contributed by atoms with van der Waals surface area (Å²) in [6.07, 6.45) is 3.25. The van der Waals surface area contributed by atoms with Gasteiger partial charge in [0.15, 0.2) is 0 Å². The highest BCUT2D eigenvalue weighted by molar-refractivity contribution is 9.10. The van der Waals surface area contributed by atoms with Crippen LogP contribution in [0.1, 0.15) is 24.1 Å². The Morgan fingerprint density at radius 3 is 2.52 bits per heavy atom. The molecule has 1 aromatic heterocycles. The van der Waals surface area contributed by atoms with Gasteiger partial charge >= 0.3 is 0 Å². The Balaban J connectivity index is 1.72. The third-order valence-electron chi connectivity index (χ3n) is 4.10. The highest BCUT2D eigenvalue weighted by Gasteiger charge is 2.13. The van der Waals surface area contributed by atoms with Crippen LogP contribution in [0.5, 0.6) is 0 Å². The van der Waals surface area contributed by atoms with Crippen LogP contribution in [0.2, 0.25) is 0 Å².